The Morgan fingerprint density at radius 1 is 1.42 bits per heavy atom. The van der Waals surface area contributed by atoms with E-state index < -0.39 is 0 Å². The Morgan fingerprint density at radius 3 is 2.95 bits per heavy atom. The van der Waals surface area contributed by atoms with Gasteiger partial charge in [-0.1, -0.05) is 24.5 Å². The lowest BCUT2D eigenvalue weighted by Gasteiger charge is -2.29. The number of hydrogen-bond acceptors (Lipinski definition) is 1. The minimum atomic E-state index is 0.100. The molecule has 1 saturated heterocycles. The minimum absolute atomic E-state index is 0.100. The summed E-state index contributed by atoms with van der Waals surface area (Å²) in [5, 5.41) is 0. The molecule has 104 valence electrons. The molecule has 4 heteroatoms. The van der Waals surface area contributed by atoms with Crippen molar-refractivity contribution in [2.45, 2.75) is 38.6 Å². The Balaban J connectivity index is 2.27. The van der Waals surface area contributed by atoms with Crippen molar-refractivity contribution in [2.75, 3.05) is 12.4 Å². The molecule has 2 nitrogen and oxygen atoms in total. The number of carbonyl (C=O) groups excluding carboxylic acids is 1. The summed E-state index contributed by atoms with van der Waals surface area (Å²) in [5.41, 5.74) is 1.85. The van der Waals surface area contributed by atoms with Crippen molar-refractivity contribution < 1.29 is 4.79 Å². The zero-order valence-electron chi connectivity index (χ0n) is 11.2. The molecule has 1 amide bonds. The van der Waals surface area contributed by atoms with Crippen LogP contribution in [0.5, 0.6) is 0 Å². The van der Waals surface area contributed by atoms with Gasteiger partial charge in [-0.25, -0.2) is 0 Å². The van der Waals surface area contributed by atoms with E-state index in [2.05, 4.69) is 15.9 Å². The summed E-state index contributed by atoms with van der Waals surface area (Å²) >= 11 is 9.52. The van der Waals surface area contributed by atoms with E-state index >= 15 is 0 Å². The lowest BCUT2D eigenvalue weighted by Crippen LogP contribution is -2.41. The Morgan fingerprint density at radius 2 is 2.21 bits per heavy atom. The smallest absolute Gasteiger partial charge is 0.255 e. The van der Waals surface area contributed by atoms with Gasteiger partial charge in [0.15, 0.2) is 0 Å². The van der Waals surface area contributed by atoms with Gasteiger partial charge in [0, 0.05) is 22.9 Å². The maximum atomic E-state index is 12.7. The van der Waals surface area contributed by atoms with Crippen LogP contribution in [0.1, 0.15) is 41.6 Å². The van der Waals surface area contributed by atoms with Crippen LogP contribution in [0.25, 0.3) is 0 Å². The van der Waals surface area contributed by atoms with Gasteiger partial charge in [0.25, 0.3) is 5.91 Å². The van der Waals surface area contributed by atoms with Crippen molar-refractivity contribution in [3.63, 3.8) is 0 Å². The van der Waals surface area contributed by atoms with E-state index in [1.807, 2.05) is 30.0 Å². The average molecular weight is 345 g/mol. The Hall–Kier alpha value is -0.540. The minimum Gasteiger partial charge on any atom is -0.334 e. The van der Waals surface area contributed by atoms with Crippen LogP contribution in [-0.4, -0.2) is 29.3 Å². The molecule has 0 aliphatic carbocycles. The third-order valence-electron chi connectivity index (χ3n) is 3.67. The summed E-state index contributed by atoms with van der Waals surface area (Å²) in [4.78, 5) is 14.7. The number of benzene rings is 1. The molecule has 1 aliphatic rings. The number of halogens is 2. The third-order valence-corrected chi connectivity index (χ3v) is 4.72. The van der Waals surface area contributed by atoms with Crippen molar-refractivity contribution in [1.29, 1.82) is 0 Å². The number of nitrogens with zero attached hydrogens (tertiary/aromatic N) is 1. The number of aryl methyl sites for hydroxylation is 1. The van der Waals surface area contributed by atoms with Crippen LogP contribution >= 0.6 is 27.5 Å². The van der Waals surface area contributed by atoms with Crippen LogP contribution in [0.3, 0.4) is 0 Å². The van der Waals surface area contributed by atoms with Gasteiger partial charge in [-0.15, -0.1) is 11.6 Å². The van der Waals surface area contributed by atoms with Crippen molar-refractivity contribution in [3.05, 3.63) is 33.8 Å². The molecule has 1 aliphatic heterocycles. The molecule has 19 heavy (non-hydrogen) atoms. The first-order valence-corrected chi connectivity index (χ1v) is 8.09. The summed E-state index contributed by atoms with van der Waals surface area (Å²) in [5.74, 6) is 0.623. The van der Waals surface area contributed by atoms with Crippen LogP contribution in [0.2, 0.25) is 0 Å². The van der Waals surface area contributed by atoms with Crippen LogP contribution in [0, 0.1) is 6.92 Å². The second-order valence-corrected chi connectivity index (χ2v) is 6.30. The third kappa shape index (κ3) is 3.51. The molecule has 0 spiro atoms. The molecule has 0 bridgehead atoms. The van der Waals surface area contributed by atoms with Gasteiger partial charge in [0.1, 0.15) is 0 Å². The van der Waals surface area contributed by atoms with Crippen molar-refractivity contribution >= 4 is 33.4 Å². The van der Waals surface area contributed by atoms with Gasteiger partial charge >= 0.3 is 0 Å². The molecule has 0 saturated carbocycles. The van der Waals surface area contributed by atoms with Crippen molar-refractivity contribution in [1.82, 2.24) is 4.90 Å². The summed E-state index contributed by atoms with van der Waals surface area (Å²) in [6.45, 7) is 2.82. The van der Waals surface area contributed by atoms with E-state index in [0.717, 1.165) is 41.4 Å². The zero-order chi connectivity index (χ0) is 13.8. The molecular formula is C15H19BrClNO. The number of rotatable bonds is 2. The van der Waals surface area contributed by atoms with E-state index in [-0.39, 0.29) is 11.9 Å². The standard InChI is InChI=1S/C15H19BrClNO/c1-11-6-7-14(16)13(9-11)15(19)18-8-4-2-3-5-12(18)10-17/h6-7,9,12H,2-5,8,10H2,1H3. The molecule has 1 aromatic carbocycles. The van der Waals surface area contributed by atoms with Crippen LogP contribution in [-0.2, 0) is 0 Å². The predicted octanol–water partition coefficient (Wildman–Crippen LogP) is 4.38. The zero-order valence-corrected chi connectivity index (χ0v) is 13.5. The molecule has 1 unspecified atom stereocenters. The molecule has 1 atom stereocenters. The molecule has 0 radical (unpaired) electrons. The van der Waals surface area contributed by atoms with Gasteiger partial charge in [0.2, 0.25) is 0 Å². The second-order valence-electron chi connectivity index (χ2n) is 5.14. The molecule has 1 heterocycles. The SMILES string of the molecule is Cc1ccc(Br)c(C(=O)N2CCCCCC2CCl)c1. The highest BCUT2D eigenvalue weighted by Gasteiger charge is 2.26. The van der Waals surface area contributed by atoms with E-state index in [0.29, 0.717) is 5.88 Å². The largest absolute Gasteiger partial charge is 0.334 e. The molecule has 1 aromatic rings. The second kappa shape index (κ2) is 6.76. The maximum absolute atomic E-state index is 12.7. The molecular weight excluding hydrogens is 326 g/mol. The van der Waals surface area contributed by atoms with E-state index in [4.69, 9.17) is 11.6 Å². The quantitative estimate of drug-likeness (QED) is 0.729. The summed E-state index contributed by atoms with van der Waals surface area (Å²) in [6, 6.07) is 6.06. The van der Waals surface area contributed by atoms with Gasteiger partial charge in [0.05, 0.1) is 5.56 Å². The highest BCUT2D eigenvalue weighted by molar-refractivity contribution is 9.10. The van der Waals surface area contributed by atoms with Gasteiger partial charge in [-0.2, -0.15) is 0 Å². The lowest BCUT2D eigenvalue weighted by atomic mass is 10.1. The van der Waals surface area contributed by atoms with Crippen molar-refractivity contribution in [3.8, 4) is 0 Å². The molecule has 2 rings (SSSR count). The number of alkyl halides is 1. The Bertz CT molecular complexity index is 463. The first-order valence-electron chi connectivity index (χ1n) is 6.76. The number of amides is 1. The molecule has 1 fully saturated rings. The van der Waals surface area contributed by atoms with Crippen LogP contribution in [0.15, 0.2) is 22.7 Å². The van der Waals surface area contributed by atoms with Gasteiger partial charge in [-0.3, -0.25) is 4.79 Å². The maximum Gasteiger partial charge on any atom is 0.255 e. The first-order chi connectivity index (χ1) is 9.13. The van der Waals surface area contributed by atoms with E-state index in [1.54, 1.807) is 0 Å². The van der Waals surface area contributed by atoms with Crippen LogP contribution in [0.4, 0.5) is 0 Å². The monoisotopic (exact) mass is 343 g/mol. The predicted molar refractivity (Wildman–Crippen MR) is 82.9 cm³/mol. The fourth-order valence-electron chi connectivity index (χ4n) is 2.56. The number of likely N-dealkylation sites (tertiary alicyclic amines) is 1. The van der Waals surface area contributed by atoms with Crippen molar-refractivity contribution in [2.24, 2.45) is 0 Å². The van der Waals surface area contributed by atoms with E-state index in [9.17, 15) is 4.79 Å². The van der Waals surface area contributed by atoms with E-state index in [1.165, 1.54) is 6.42 Å². The summed E-state index contributed by atoms with van der Waals surface area (Å²) < 4.78 is 0.862. The fourth-order valence-corrected chi connectivity index (χ4v) is 3.30. The van der Waals surface area contributed by atoms with Gasteiger partial charge < -0.3 is 4.90 Å². The average Bonchev–Trinajstić information content (AvgIpc) is 2.65. The molecule has 0 aromatic heterocycles. The number of carbonyl (C=O) groups is 1. The highest BCUT2D eigenvalue weighted by atomic mass is 79.9. The number of hydrogen-bond donors (Lipinski definition) is 0. The molecule has 0 N–H and O–H groups in total. The normalized spacial score (nSPS) is 20.2. The topological polar surface area (TPSA) is 20.3 Å². The summed E-state index contributed by atoms with van der Waals surface area (Å²) in [6.07, 6.45) is 4.43. The van der Waals surface area contributed by atoms with Crippen LogP contribution < -0.4 is 0 Å². The summed E-state index contributed by atoms with van der Waals surface area (Å²) in [7, 11) is 0. The Labute approximate surface area is 128 Å². The fraction of sp³-hybridized carbons (Fsp3) is 0.533. The lowest BCUT2D eigenvalue weighted by molar-refractivity contribution is 0.0699. The highest BCUT2D eigenvalue weighted by Crippen LogP contribution is 2.24. The first kappa shape index (κ1) is 14.9. The van der Waals surface area contributed by atoms with Gasteiger partial charge in [-0.05, 0) is 47.8 Å². The Kier molecular flexibility index (Phi) is 5.28.